The maximum atomic E-state index is 13.8. The van der Waals surface area contributed by atoms with Crippen molar-refractivity contribution in [2.75, 3.05) is 6.79 Å². The molecule has 0 aliphatic carbocycles. The SMILES string of the molecule is C=CC(c1cccnc1)S(=O)(=O)N(Cc1cccc(CC(=O)O)c1)Cc1ccc2c(c1)OCO2. The number of benzene rings is 2. The van der Waals surface area contributed by atoms with Crippen LogP contribution in [0.5, 0.6) is 11.5 Å². The Labute approximate surface area is 198 Å². The fourth-order valence-electron chi connectivity index (χ4n) is 3.83. The Morgan fingerprint density at radius 3 is 2.50 bits per heavy atom. The molecule has 1 aliphatic heterocycles. The second kappa shape index (κ2) is 10.1. The highest BCUT2D eigenvalue weighted by Gasteiger charge is 2.32. The fourth-order valence-corrected chi connectivity index (χ4v) is 5.54. The van der Waals surface area contributed by atoms with Crippen LogP contribution in [-0.2, 0) is 34.3 Å². The van der Waals surface area contributed by atoms with Gasteiger partial charge in [-0.3, -0.25) is 9.78 Å². The van der Waals surface area contributed by atoms with Crippen LogP contribution >= 0.6 is 0 Å². The smallest absolute Gasteiger partial charge is 0.307 e. The fraction of sp³-hybridized carbons (Fsp3) is 0.200. The summed E-state index contributed by atoms with van der Waals surface area (Å²) in [4.78, 5) is 15.2. The van der Waals surface area contributed by atoms with Crippen molar-refractivity contribution >= 4 is 16.0 Å². The molecule has 0 saturated heterocycles. The van der Waals surface area contributed by atoms with Crippen molar-refractivity contribution in [3.63, 3.8) is 0 Å². The van der Waals surface area contributed by atoms with Crippen molar-refractivity contribution in [3.8, 4) is 11.5 Å². The lowest BCUT2D eigenvalue weighted by Gasteiger charge is -2.27. The molecule has 1 atom stereocenters. The Hall–Kier alpha value is -3.69. The molecule has 1 N–H and O–H groups in total. The van der Waals surface area contributed by atoms with Crippen LogP contribution in [0.25, 0.3) is 0 Å². The Kier molecular flexibility index (Phi) is 6.95. The molecule has 176 valence electrons. The highest BCUT2D eigenvalue weighted by Crippen LogP contribution is 2.34. The van der Waals surface area contributed by atoms with Crippen LogP contribution in [0.2, 0.25) is 0 Å². The maximum Gasteiger partial charge on any atom is 0.307 e. The van der Waals surface area contributed by atoms with Crippen molar-refractivity contribution in [3.05, 3.63) is 102 Å². The molecule has 9 heteroatoms. The molecule has 2 heterocycles. The number of carboxylic acids is 1. The van der Waals surface area contributed by atoms with Crippen molar-refractivity contribution in [2.45, 2.75) is 24.8 Å². The number of fused-ring (bicyclic) bond motifs is 1. The number of aromatic nitrogens is 1. The molecule has 0 radical (unpaired) electrons. The molecule has 1 unspecified atom stereocenters. The Balaban J connectivity index is 1.70. The molecule has 0 saturated carbocycles. The Morgan fingerprint density at radius 1 is 1.06 bits per heavy atom. The Morgan fingerprint density at radius 2 is 1.79 bits per heavy atom. The molecule has 3 aromatic rings. The van der Waals surface area contributed by atoms with Gasteiger partial charge in [0.25, 0.3) is 0 Å². The number of ether oxygens (including phenoxy) is 2. The van der Waals surface area contributed by atoms with Crippen LogP contribution in [0.4, 0.5) is 0 Å². The predicted molar refractivity (Wildman–Crippen MR) is 126 cm³/mol. The second-order valence-corrected chi connectivity index (χ2v) is 9.89. The Bertz CT molecular complexity index is 1290. The average molecular weight is 481 g/mol. The highest BCUT2D eigenvalue weighted by molar-refractivity contribution is 7.89. The van der Waals surface area contributed by atoms with Gasteiger partial charge in [0.15, 0.2) is 11.5 Å². The largest absolute Gasteiger partial charge is 0.481 e. The van der Waals surface area contributed by atoms with Crippen LogP contribution in [-0.4, -0.2) is 35.6 Å². The van der Waals surface area contributed by atoms with Gasteiger partial charge in [0.1, 0.15) is 5.25 Å². The number of nitrogens with zero attached hydrogens (tertiary/aromatic N) is 2. The van der Waals surface area contributed by atoms with Crippen LogP contribution in [0.3, 0.4) is 0 Å². The van der Waals surface area contributed by atoms with Crippen molar-refractivity contribution < 1.29 is 27.8 Å². The van der Waals surface area contributed by atoms with Crippen molar-refractivity contribution in [2.24, 2.45) is 0 Å². The van der Waals surface area contributed by atoms with E-state index in [0.717, 1.165) is 5.56 Å². The van der Waals surface area contributed by atoms with E-state index in [9.17, 15) is 13.2 Å². The van der Waals surface area contributed by atoms with E-state index in [-0.39, 0.29) is 26.3 Å². The summed E-state index contributed by atoms with van der Waals surface area (Å²) in [6.45, 7) is 4.01. The monoisotopic (exact) mass is 480 g/mol. The zero-order valence-corrected chi connectivity index (χ0v) is 19.1. The molecule has 0 spiro atoms. The standard InChI is InChI=1S/C25H24N2O6S/c1-2-24(21-7-4-10-26-14-21)34(30,31)27(15-19-6-3-5-18(11-19)13-25(28)29)16-20-8-9-22-23(12-20)33-17-32-22/h2-12,14,24H,1,13,15-17H2,(H,28,29). The molecule has 8 nitrogen and oxygen atoms in total. The summed E-state index contributed by atoms with van der Waals surface area (Å²) >= 11 is 0. The van der Waals surface area contributed by atoms with Crippen molar-refractivity contribution in [1.29, 1.82) is 0 Å². The number of carboxylic acid groups (broad SMARTS) is 1. The lowest BCUT2D eigenvalue weighted by Crippen LogP contribution is -2.33. The number of rotatable bonds is 10. The normalized spacial score (nSPS) is 13.6. The van der Waals surface area contributed by atoms with E-state index in [1.165, 1.54) is 16.6 Å². The van der Waals surface area contributed by atoms with E-state index in [1.54, 1.807) is 60.8 Å². The van der Waals surface area contributed by atoms with Gasteiger partial charge >= 0.3 is 5.97 Å². The van der Waals surface area contributed by atoms with Crippen molar-refractivity contribution in [1.82, 2.24) is 9.29 Å². The van der Waals surface area contributed by atoms with Gasteiger partial charge in [-0.1, -0.05) is 42.5 Å². The number of hydrogen-bond donors (Lipinski definition) is 1. The number of carbonyl (C=O) groups is 1. The molecule has 0 amide bonds. The summed E-state index contributed by atoms with van der Waals surface area (Å²) in [7, 11) is -3.93. The van der Waals surface area contributed by atoms with Gasteiger partial charge in [-0.15, -0.1) is 6.58 Å². The zero-order chi connectivity index (χ0) is 24.1. The molecular weight excluding hydrogens is 456 g/mol. The number of sulfonamides is 1. The van der Waals surface area contributed by atoms with Gasteiger partial charge in [-0.25, -0.2) is 8.42 Å². The minimum atomic E-state index is -3.93. The van der Waals surface area contributed by atoms with Gasteiger partial charge in [0.2, 0.25) is 16.8 Å². The second-order valence-electron chi connectivity index (χ2n) is 7.83. The quantitative estimate of drug-likeness (QED) is 0.441. The summed E-state index contributed by atoms with van der Waals surface area (Å²) in [6.07, 6.45) is 4.33. The average Bonchev–Trinajstić information content (AvgIpc) is 3.27. The topological polar surface area (TPSA) is 106 Å². The minimum Gasteiger partial charge on any atom is -0.481 e. The van der Waals surface area contributed by atoms with E-state index < -0.39 is 21.2 Å². The van der Waals surface area contributed by atoms with E-state index in [4.69, 9.17) is 14.6 Å². The minimum absolute atomic E-state index is 0.0504. The molecule has 1 aromatic heterocycles. The summed E-state index contributed by atoms with van der Waals surface area (Å²) < 4.78 is 39.9. The number of aliphatic carboxylic acids is 1. The lowest BCUT2D eigenvalue weighted by molar-refractivity contribution is -0.136. The van der Waals surface area contributed by atoms with Gasteiger partial charge in [0, 0.05) is 25.5 Å². The summed E-state index contributed by atoms with van der Waals surface area (Å²) in [5.74, 6) is 0.218. The van der Waals surface area contributed by atoms with Crippen LogP contribution in [0, 0.1) is 0 Å². The molecule has 0 fully saturated rings. The zero-order valence-electron chi connectivity index (χ0n) is 18.3. The lowest BCUT2D eigenvalue weighted by atomic mass is 10.1. The third kappa shape index (κ3) is 5.27. The van der Waals surface area contributed by atoms with E-state index >= 15 is 0 Å². The molecule has 34 heavy (non-hydrogen) atoms. The summed E-state index contributed by atoms with van der Waals surface area (Å²) in [5.41, 5.74) is 2.51. The van der Waals surface area contributed by atoms with Crippen LogP contribution in [0.15, 0.2) is 79.6 Å². The van der Waals surface area contributed by atoms with Gasteiger partial charge in [-0.05, 0) is 40.5 Å². The third-order valence-corrected chi connectivity index (χ3v) is 7.49. The molecule has 0 bridgehead atoms. The molecule has 1 aliphatic rings. The maximum absolute atomic E-state index is 13.8. The first-order valence-electron chi connectivity index (χ1n) is 10.6. The number of pyridine rings is 1. The highest BCUT2D eigenvalue weighted by atomic mass is 32.2. The van der Waals surface area contributed by atoms with Crippen LogP contribution in [0.1, 0.15) is 27.5 Å². The number of hydrogen-bond acceptors (Lipinski definition) is 6. The first kappa shape index (κ1) is 23.5. The van der Waals surface area contributed by atoms with Gasteiger partial charge in [0.05, 0.1) is 6.42 Å². The van der Waals surface area contributed by atoms with Crippen LogP contribution < -0.4 is 9.47 Å². The first-order valence-corrected chi connectivity index (χ1v) is 12.1. The van der Waals surface area contributed by atoms with E-state index in [2.05, 4.69) is 11.6 Å². The first-order chi connectivity index (χ1) is 16.4. The van der Waals surface area contributed by atoms with E-state index in [1.807, 2.05) is 0 Å². The van der Waals surface area contributed by atoms with Gasteiger partial charge < -0.3 is 14.6 Å². The van der Waals surface area contributed by atoms with Gasteiger partial charge in [-0.2, -0.15) is 4.31 Å². The molecular formula is C25H24N2O6S. The molecule has 4 rings (SSSR count). The summed E-state index contributed by atoms with van der Waals surface area (Å²) in [5, 5.41) is 8.12. The van der Waals surface area contributed by atoms with E-state index in [0.29, 0.717) is 28.2 Å². The summed E-state index contributed by atoms with van der Waals surface area (Å²) in [6, 6.07) is 15.6. The molecule has 2 aromatic carbocycles. The predicted octanol–water partition coefficient (Wildman–Crippen LogP) is 3.70. The third-order valence-electron chi connectivity index (χ3n) is 5.41.